The van der Waals surface area contributed by atoms with Gasteiger partial charge in [0.05, 0.1) is 0 Å². The quantitative estimate of drug-likeness (QED) is 0.809. The molecule has 2 fully saturated rings. The second-order valence-corrected chi connectivity index (χ2v) is 4.63. The third-order valence-corrected chi connectivity index (χ3v) is 3.12. The van der Waals surface area contributed by atoms with E-state index < -0.39 is 0 Å². The molecule has 86 valence electrons. The average Bonchev–Trinajstić information content (AvgIpc) is 3.14. The van der Waals surface area contributed by atoms with Crippen molar-refractivity contribution in [1.29, 1.82) is 0 Å². The van der Waals surface area contributed by atoms with E-state index in [1.807, 2.05) is 4.90 Å². The number of anilines is 1. The number of rotatable bonds is 4. The summed E-state index contributed by atoms with van der Waals surface area (Å²) < 4.78 is 4.46. The van der Waals surface area contributed by atoms with Gasteiger partial charge >= 0.3 is 0 Å². The van der Waals surface area contributed by atoms with Gasteiger partial charge in [-0.1, -0.05) is 0 Å². The Morgan fingerprint density at radius 1 is 1.38 bits per heavy atom. The van der Waals surface area contributed by atoms with E-state index in [0.29, 0.717) is 12.0 Å². The van der Waals surface area contributed by atoms with Crippen LogP contribution in [0.2, 0.25) is 0 Å². The van der Waals surface area contributed by atoms with E-state index in [9.17, 15) is 4.79 Å². The number of carbonyl (C=O) groups excluding carboxylic acids is 1. The lowest BCUT2D eigenvalue weighted by molar-refractivity contribution is 0.0724. The molecule has 0 aliphatic heterocycles. The fraction of sp³-hybridized carbons (Fsp3) is 0.700. The molecule has 1 amide bonds. The van der Waals surface area contributed by atoms with Crippen molar-refractivity contribution in [2.75, 3.05) is 12.3 Å². The summed E-state index contributed by atoms with van der Waals surface area (Å²) in [6, 6.07) is 0.379. The third kappa shape index (κ3) is 1.75. The van der Waals surface area contributed by atoms with Crippen molar-refractivity contribution in [3.05, 3.63) is 5.69 Å². The zero-order chi connectivity index (χ0) is 11.1. The van der Waals surface area contributed by atoms with Gasteiger partial charge in [-0.25, -0.2) is 4.63 Å². The van der Waals surface area contributed by atoms with Crippen LogP contribution in [-0.2, 0) is 0 Å². The van der Waals surface area contributed by atoms with E-state index in [2.05, 4.69) is 14.9 Å². The van der Waals surface area contributed by atoms with Gasteiger partial charge < -0.3 is 10.6 Å². The second-order valence-electron chi connectivity index (χ2n) is 4.63. The Morgan fingerprint density at radius 2 is 2.12 bits per heavy atom. The maximum atomic E-state index is 12.2. The van der Waals surface area contributed by atoms with Gasteiger partial charge in [0.25, 0.3) is 5.91 Å². The van der Waals surface area contributed by atoms with Crippen LogP contribution < -0.4 is 5.73 Å². The molecule has 0 aromatic carbocycles. The largest absolute Gasteiger partial charge is 0.379 e. The van der Waals surface area contributed by atoms with Crippen molar-refractivity contribution in [2.45, 2.75) is 31.7 Å². The zero-order valence-corrected chi connectivity index (χ0v) is 8.93. The first-order valence-electron chi connectivity index (χ1n) is 5.64. The lowest BCUT2D eigenvalue weighted by Crippen LogP contribution is -2.35. The number of hydrogen-bond acceptors (Lipinski definition) is 5. The van der Waals surface area contributed by atoms with E-state index in [-0.39, 0.29) is 17.4 Å². The van der Waals surface area contributed by atoms with Crippen LogP contribution in [0.5, 0.6) is 0 Å². The minimum absolute atomic E-state index is 0.0893. The Balaban J connectivity index is 1.77. The highest BCUT2D eigenvalue weighted by atomic mass is 16.6. The first-order valence-corrected chi connectivity index (χ1v) is 5.64. The van der Waals surface area contributed by atoms with Crippen LogP contribution in [0.3, 0.4) is 0 Å². The molecule has 2 saturated carbocycles. The van der Waals surface area contributed by atoms with E-state index in [4.69, 9.17) is 5.73 Å². The van der Waals surface area contributed by atoms with Gasteiger partial charge in [0, 0.05) is 12.6 Å². The lowest BCUT2D eigenvalue weighted by Gasteiger charge is -2.20. The maximum absolute atomic E-state index is 12.2. The molecular weight excluding hydrogens is 208 g/mol. The molecule has 16 heavy (non-hydrogen) atoms. The highest BCUT2D eigenvalue weighted by molar-refractivity contribution is 5.96. The van der Waals surface area contributed by atoms with Gasteiger partial charge in [-0.2, -0.15) is 0 Å². The average molecular weight is 222 g/mol. The SMILES string of the molecule is Nc1nonc1C(=O)N(CC1CC1)C1CC1. The molecule has 1 aromatic rings. The molecule has 0 spiro atoms. The first kappa shape index (κ1) is 9.62. The van der Waals surface area contributed by atoms with Crippen molar-refractivity contribution < 1.29 is 9.42 Å². The number of nitrogens with two attached hydrogens (primary N) is 1. The molecule has 0 unspecified atom stereocenters. The molecule has 1 aromatic heterocycles. The van der Waals surface area contributed by atoms with Gasteiger partial charge in [-0.15, -0.1) is 0 Å². The topological polar surface area (TPSA) is 85.2 Å². The van der Waals surface area contributed by atoms with Gasteiger partial charge in [0.1, 0.15) is 0 Å². The minimum atomic E-state index is -0.131. The van der Waals surface area contributed by atoms with Crippen molar-refractivity contribution >= 4 is 11.7 Å². The van der Waals surface area contributed by atoms with Crippen LogP contribution in [0.1, 0.15) is 36.2 Å². The molecule has 6 heteroatoms. The first-order chi connectivity index (χ1) is 7.75. The Morgan fingerprint density at radius 3 is 2.62 bits per heavy atom. The Bertz CT molecular complexity index is 409. The summed E-state index contributed by atoms with van der Waals surface area (Å²) in [5.74, 6) is 0.630. The number of nitrogen functional groups attached to an aromatic ring is 1. The minimum Gasteiger partial charge on any atom is -0.379 e. The summed E-state index contributed by atoms with van der Waals surface area (Å²) in [4.78, 5) is 14.0. The van der Waals surface area contributed by atoms with Crippen molar-refractivity contribution in [1.82, 2.24) is 15.2 Å². The molecule has 3 rings (SSSR count). The Labute approximate surface area is 92.7 Å². The molecule has 0 radical (unpaired) electrons. The molecule has 2 aliphatic rings. The monoisotopic (exact) mass is 222 g/mol. The Kier molecular flexibility index (Phi) is 2.08. The highest BCUT2D eigenvalue weighted by Gasteiger charge is 2.38. The van der Waals surface area contributed by atoms with Gasteiger partial charge in [0.15, 0.2) is 0 Å². The van der Waals surface area contributed by atoms with Crippen LogP contribution in [0.25, 0.3) is 0 Å². The third-order valence-electron chi connectivity index (χ3n) is 3.12. The summed E-state index contributed by atoms with van der Waals surface area (Å²) in [6.07, 6.45) is 4.62. The van der Waals surface area contributed by atoms with Crippen LogP contribution in [0.15, 0.2) is 4.63 Å². The number of hydrogen-bond donors (Lipinski definition) is 1. The van der Waals surface area contributed by atoms with Gasteiger partial charge in [-0.3, -0.25) is 4.79 Å². The maximum Gasteiger partial charge on any atom is 0.280 e. The molecule has 2 N–H and O–H groups in total. The van der Waals surface area contributed by atoms with Crippen molar-refractivity contribution in [3.8, 4) is 0 Å². The van der Waals surface area contributed by atoms with E-state index in [0.717, 1.165) is 19.4 Å². The lowest BCUT2D eigenvalue weighted by atomic mass is 10.3. The number of carbonyl (C=O) groups is 1. The summed E-state index contributed by atoms with van der Waals surface area (Å²) in [5, 5.41) is 7.01. The summed E-state index contributed by atoms with van der Waals surface area (Å²) >= 11 is 0. The summed E-state index contributed by atoms with van der Waals surface area (Å²) in [5.41, 5.74) is 5.69. The van der Waals surface area contributed by atoms with E-state index in [1.165, 1.54) is 12.8 Å². The molecule has 0 bridgehead atoms. The highest BCUT2D eigenvalue weighted by Crippen LogP contribution is 2.35. The van der Waals surface area contributed by atoms with Crippen LogP contribution in [0.4, 0.5) is 5.82 Å². The number of aromatic nitrogens is 2. The van der Waals surface area contributed by atoms with Gasteiger partial charge in [-0.05, 0) is 41.9 Å². The fourth-order valence-corrected chi connectivity index (χ4v) is 1.84. The molecule has 1 heterocycles. The fourth-order valence-electron chi connectivity index (χ4n) is 1.84. The number of amides is 1. The van der Waals surface area contributed by atoms with Crippen LogP contribution >= 0.6 is 0 Å². The van der Waals surface area contributed by atoms with Gasteiger partial charge in [0.2, 0.25) is 11.5 Å². The standard InChI is InChI=1S/C10H14N4O2/c11-9-8(12-16-13-9)10(15)14(7-3-4-7)5-6-1-2-6/h6-7H,1-5H2,(H2,11,13). The Hall–Kier alpha value is -1.59. The van der Waals surface area contributed by atoms with Crippen LogP contribution in [0, 0.1) is 5.92 Å². The van der Waals surface area contributed by atoms with E-state index >= 15 is 0 Å². The van der Waals surface area contributed by atoms with Crippen LogP contribution in [-0.4, -0.2) is 33.7 Å². The summed E-state index contributed by atoms with van der Waals surface area (Å²) in [6.45, 7) is 0.829. The molecule has 2 aliphatic carbocycles. The zero-order valence-electron chi connectivity index (χ0n) is 8.93. The molecule has 0 atom stereocenters. The predicted molar refractivity (Wildman–Crippen MR) is 55.5 cm³/mol. The number of nitrogens with zero attached hydrogens (tertiary/aromatic N) is 3. The normalized spacial score (nSPS) is 19.8. The van der Waals surface area contributed by atoms with Crippen molar-refractivity contribution in [3.63, 3.8) is 0 Å². The molecular formula is C10H14N4O2. The van der Waals surface area contributed by atoms with Crippen molar-refractivity contribution in [2.24, 2.45) is 5.92 Å². The summed E-state index contributed by atoms with van der Waals surface area (Å²) in [7, 11) is 0. The predicted octanol–water partition coefficient (Wildman–Crippen LogP) is 0.666. The molecule has 6 nitrogen and oxygen atoms in total. The second kappa shape index (κ2) is 3.47. The van der Waals surface area contributed by atoms with E-state index in [1.54, 1.807) is 0 Å². The smallest absolute Gasteiger partial charge is 0.280 e. The molecule has 0 saturated heterocycles.